The standard InChI is InChI=1S/C6H4.4CH3.2Sb/c1-2-4-6-5-3-1;;;;;;/h1-4H;4*1H3;;. The summed E-state index contributed by atoms with van der Waals surface area (Å²) < 4.78 is 3.52. The monoisotopic (exact) mass is 378 g/mol. The van der Waals surface area contributed by atoms with Crippen LogP contribution in [0.25, 0.3) is 0 Å². The van der Waals surface area contributed by atoms with Gasteiger partial charge in [-0.1, -0.05) is 0 Å². The molecule has 1 rings (SSSR count). The molecule has 1 aromatic rings. The molecule has 0 saturated carbocycles. The quantitative estimate of drug-likeness (QED) is 0.685. The second kappa shape index (κ2) is 4.92. The maximum atomic E-state index is 2.46. The molecular formula is C10H16Sb2. The second-order valence-corrected chi connectivity index (χ2v) is 16.2. The van der Waals surface area contributed by atoms with Crippen molar-refractivity contribution < 1.29 is 0 Å². The van der Waals surface area contributed by atoms with E-state index in [4.69, 9.17) is 0 Å². The van der Waals surface area contributed by atoms with Crippen LogP contribution < -0.4 is 7.02 Å². The van der Waals surface area contributed by atoms with Gasteiger partial charge in [0.2, 0.25) is 0 Å². The van der Waals surface area contributed by atoms with Gasteiger partial charge in [0.05, 0.1) is 0 Å². The summed E-state index contributed by atoms with van der Waals surface area (Å²) in [6.07, 6.45) is 0. The normalized spacial score (nSPS) is 11.2. The fourth-order valence-corrected chi connectivity index (χ4v) is 14.1. The van der Waals surface area contributed by atoms with E-state index in [1.54, 1.807) is 7.02 Å². The van der Waals surface area contributed by atoms with Crippen LogP contribution in [-0.2, 0) is 0 Å². The van der Waals surface area contributed by atoms with Crippen molar-refractivity contribution in [2.45, 2.75) is 19.5 Å². The molecule has 0 heterocycles. The van der Waals surface area contributed by atoms with Gasteiger partial charge in [0, 0.05) is 0 Å². The molecule has 0 saturated heterocycles. The number of hydrogen-bond acceptors (Lipinski definition) is 0. The molecule has 0 spiro atoms. The number of benzene rings is 1. The molecule has 0 N–H and O–H groups in total. The van der Waals surface area contributed by atoms with E-state index in [1.807, 2.05) is 0 Å². The first kappa shape index (κ1) is 10.9. The maximum absolute atomic E-state index is 2.46. The third kappa shape index (κ3) is 2.67. The summed E-state index contributed by atoms with van der Waals surface area (Å²) in [6.45, 7) is 0. The molecule has 0 bridgehead atoms. The number of rotatable bonds is 2. The zero-order valence-electron chi connectivity index (χ0n) is 8.20. The summed E-state index contributed by atoms with van der Waals surface area (Å²) in [5.74, 6) is 0. The van der Waals surface area contributed by atoms with Gasteiger partial charge in [0.15, 0.2) is 0 Å². The first-order chi connectivity index (χ1) is 5.63. The third-order valence-corrected chi connectivity index (χ3v) is 11.1. The van der Waals surface area contributed by atoms with Gasteiger partial charge in [-0.25, -0.2) is 0 Å². The van der Waals surface area contributed by atoms with E-state index in [-0.39, 0.29) is 0 Å². The van der Waals surface area contributed by atoms with Gasteiger partial charge in [-0.05, 0) is 0 Å². The minimum absolute atomic E-state index is 0.984. The van der Waals surface area contributed by atoms with E-state index in [0.717, 1.165) is 0 Å². The fraction of sp³-hybridized carbons (Fsp3) is 0.400. The third-order valence-electron chi connectivity index (χ3n) is 1.85. The molecule has 0 atom stereocenters. The molecule has 0 amide bonds. The van der Waals surface area contributed by atoms with Gasteiger partial charge in [-0.15, -0.1) is 0 Å². The fourth-order valence-electron chi connectivity index (χ4n) is 1.22. The summed E-state index contributed by atoms with van der Waals surface area (Å²) in [5, 5.41) is 0. The molecule has 0 radical (unpaired) electrons. The summed E-state index contributed by atoms with van der Waals surface area (Å²) >= 11 is -1.97. The predicted octanol–water partition coefficient (Wildman–Crippen LogP) is 1.61. The van der Waals surface area contributed by atoms with E-state index >= 15 is 0 Å². The summed E-state index contributed by atoms with van der Waals surface area (Å²) in [6, 6.07) is 9.13. The summed E-state index contributed by atoms with van der Waals surface area (Å²) in [7, 11) is 0. The molecule has 0 aromatic heterocycles. The minimum atomic E-state index is -0.984. The van der Waals surface area contributed by atoms with Crippen LogP contribution in [0.4, 0.5) is 0 Å². The molecule has 12 heavy (non-hydrogen) atoms. The Hall–Kier alpha value is 0.856. The molecule has 2 heteroatoms. The van der Waals surface area contributed by atoms with Crippen LogP contribution in [0.15, 0.2) is 24.3 Å². The zero-order chi connectivity index (χ0) is 9.14. The van der Waals surface area contributed by atoms with Crippen molar-refractivity contribution in [2.75, 3.05) is 0 Å². The van der Waals surface area contributed by atoms with Crippen LogP contribution >= 0.6 is 0 Å². The van der Waals surface area contributed by atoms with Gasteiger partial charge < -0.3 is 0 Å². The average Bonchev–Trinajstić information content (AvgIpc) is 2.04. The van der Waals surface area contributed by atoms with E-state index in [2.05, 4.69) is 43.7 Å². The van der Waals surface area contributed by atoms with Crippen molar-refractivity contribution in [2.24, 2.45) is 0 Å². The molecular weight excluding hydrogens is 364 g/mol. The Morgan fingerprint density at radius 2 is 1.08 bits per heavy atom. The van der Waals surface area contributed by atoms with E-state index in [9.17, 15) is 0 Å². The molecule has 0 fully saturated rings. The molecule has 1 aromatic carbocycles. The zero-order valence-corrected chi connectivity index (χ0v) is 13.3. The Labute approximate surface area is 90.3 Å². The van der Waals surface area contributed by atoms with Crippen molar-refractivity contribution in [3.63, 3.8) is 0 Å². The first-order valence-corrected chi connectivity index (χ1v) is 16.8. The molecule has 0 aliphatic rings. The molecule has 0 unspecified atom stereocenters. The summed E-state index contributed by atoms with van der Waals surface area (Å²) in [4.78, 5) is 9.86. The first-order valence-electron chi connectivity index (χ1n) is 4.06. The van der Waals surface area contributed by atoms with Crippen LogP contribution in [0.3, 0.4) is 0 Å². The summed E-state index contributed by atoms with van der Waals surface area (Å²) in [5.41, 5.74) is 0. The van der Waals surface area contributed by atoms with Gasteiger partial charge in [-0.3, -0.25) is 0 Å². The number of hydrogen-bond donors (Lipinski definition) is 0. The van der Waals surface area contributed by atoms with Crippen LogP contribution in [0.2, 0.25) is 19.5 Å². The van der Waals surface area contributed by atoms with Gasteiger partial charge >= 0.3 is 91.2 Å². The van der Waals surface area contributed by atoms with E-state index in [1.165, 1.54) is 0 Å². The van der Waals surface area contributed by atoms with Crippen molar-refractivity contribution in [3.8, 4) is 0 Å². The van der Waals surface area contributed by atoms with Crippen molar-refractivity contribution in [3.05, 3.63) is 24.3 Å². The average molecular weight is 380 g/mol. The Bertz CT molecular complexity index is 227. The van der Waals surface area contributed by atoms with Gasteiger partial charge in [0.1, 0.15) is 0 Å². The predicted molar refractivity (Wildman–Crippen MR) is 60.7 cm³/mol. The van der Waals surface area contributed by atoms with Crippen molar-refractivity contribution >= 4 is 47.4 Å². The van der Waals surface area contributed by atoms with Crippen LogP contribution in [-0.4, -0.2) is 40.4 Å². The Morgan fingerprint density at radius 1 is 0.750 bits per heavy atom. The van der Waals surface area contributed by atoms with Crippen molar-refractivity contribution in [1.82, 2.24) is 0 Å². The van der Waals surface area contributed by atoms with Crippen LogP contribution in [0.5, 0.6) is 0 Å². The molecule has 0 aliphatic carbocycles. The van der Waals surface area contributed by atoms with Gasteiger partial charge in [-0.2, -0.15) is 0 Å². The van der Waals surface area contributed by atoms with Crippen molar-refractivity contribution in [1.29, 1.82) is 0 Å². The topological polar surface area (TPSA) is 0 Å². The molecule has 0 nitrogen and oxygen atoms in total. The second-order valence-electron chi connectivity index (χ2n) is 3.28. The molecule has 66 valence electrons. The molecule has 0 aliphatic heterocycles. The Kier molecular flexibility index (Phi) is 4.48. The Balaban J connectivity index is 3.09. The van der Waals surface area contributed by atoms with E-state index < -0.39 is 40.4 Å². The SMILES string of the molecule is [CH3][Sb]([CH3])[c]1cccc[c]1[Sb]([CH3])[CH3]. The van der Waals surface area contributed by atoms with Gasteiger partial charge in [0.25, 0.3) is 0 Å². The Morgan fingerprint density at radius 3 is 1.33 bits per heavy atom. The van der Waals surface area contributed by atoms with Crippen LogP contribution in [0.1, 0.15) is 0 Å². The van der Waals surface area contributed by atoms with E-state index in [0.29, 0.717) is 0 Å². The van der Waals surface area contributed by atoms with Crippen LogP contribution in [0, 0.1) is 0 Å².